The molecular weight excluding hydrogens is 234 g/mol. The number of hydrogen-bond acceptors (Lipinski definition) is 4. The summed E-state index contributed by atoms with van der Waals surface area (Å²) in [6.07, 6.45) is -0.121. The average molecular weight is 251 g/mol. The fraction of sp³-hybridized carbons (Fsp3) is 0.750. The smallest absolute Gasteiger partial charge is 0.411 e. The standard InChI is InChI=1S/C12H17N3O3/c1-11(2,3)18-10(17)15-6-8(5-13)4-12(15)7-14-9(12)16/h8H,4,6-7H2,1-3H3,(H,14,16). The number of β-lactam (4-membered cyclic amide) rings is 1. The van der Waals surface area contributed by atoms with Crippen molar-refractivity contribution in [2.24, 2.45) is 5.92 Å². The second-order valence-corrected chi connectivity index (χ2v) is 5.84. The molecule has 2 unspecified atom stereocenters. The molecule has 2 atom stereocenters. The molecule has 0 saturated carbocycles. The van der Waals surface area contributed by atoms with Gasteiger partial charge in [0.25, 0.3) is 0 Å². The number of nitrogens with one attached hydrogen (secondary N) is 1. The first-order valence-corrected chi connectivity index (χ1v) is 5.97. The predicted octanol–water partition coefficient (Wildman–Crippen LogP) is 0.636. The van der Waals surface area contributed by atoms with E-state index in [0.29, 0.717) is 13.0 Å². The summed E-state index contributed by atoms with van der Waals surface area (Å²) in [4.78, 5) is 25.2. The zero-order valence-electron chi connectivity index (χ0n) is 10.8. The summed E-state index contributed by atoms with van der Waals surface area (Å²) in [5.41, 5.74) is -1.47. The minimum Gasteiger partial charge on any atom is -0.444 e. The SMILES string of the molecule is CC(C)(C)OC(=O)N1CC(C#N)CC12CNC2=O. The third kappa shape index (κ3) is 1.90. The Morgan fingerprint density at radius 1 is 1.61 bits per heavy atom. The Hall–Kier alpha value is -1.77. The number of nitriles is 1. The molecule has 0 aromatic heterocycles. The minimum absolute atomic E-state index is 0.189. The van der Waals surface area contributed by atoms with Gasteiger partial charge in [-0.05, 0) is 27.2 Å². The number of amides is 2. The van der Waals surface area contributed by atoms with E-state index in [4.69, 9.17) is 10.00 Å². The number of nitrogens with zero attached hydrogens (tertiary/aromatic N) is 2. The highest BCUT2D eigenvalue weighted by molar-refractivity contribution is 5.96. The molecule has 18 heavy (non-hydrogen) atoms. The average Bonchev–Trinajstić information content (AvgIpc) is 2.66. The Balaban J connectivity index is 2.18. The lowest BCUT2D eigenvalue weighted by Crippen LogP contribution is -2.71. The fourth-order valence-corrected chi connectivity index (χ4v) is 2.38. The monoisotopic (exact) mass is 251 g/mol. The molecule has 0 radical (unpaired) electrons. The minimum atomic E-state index is -0.858. The normalized spacial score (nSPS) is 30.7. The molecule has 0 aromatic carbocycles. The van der Waals surface area contributed by atoms with E-state index in [2.05, 4.69) is 11.4 Å². The molecule has 6 nitrogen and oxygen atoms in total. The molecule has 0 aliphatic carbocycles. The molecule has 2 aliphatic heterocycles. The first-order chi connectivity index (χ1) is 8.28. The van der Waals surface area contributed by atoms with Gasteiger partial charge in [0.05, 0.1) is 18.5 Å². The van der Waals surface area contributed by atoms with Crippen molar-refractivity contribution in [2.75, 3.05) is 13.1 Å². The van der Waals surface area contributed by atoms with Crippen molar-refractivity contribution in [1.29, 1.82) is 5.26 Å². The maximum absolute atomic E-state index is 12.1. The van der Waals surface area contributed by atoms with Crippen molar-refractivity contribution in [3.05, 3.63) is 0 Å². The van der Waals surface area contributed by atoms with E-state index in [1.807, 2.05) is 0 Å². The van der Waals surface area contributed by atoms with Gasteiger partial charge in [-0.25, -0.2) is 4.79 Å². The van der Waals surface area contributed by atoms with Crippen LogP contribution in [-0.4, -0.2) is 41.1 Å². The highest BCUT2D eigenvalue weighted by atomic mass is 16.6. The van der Waals surface area contributed by atoms with Crippen molar-refractivity contribution in [2.45, 2.75) is 38.3 Å². The van der Waals surface area contributed by atoms with Crippen molar-refractivity contribution in [3.8, 4) is 6.07 Å². The number of rotatable bonds is 0. The molecule has 6 heteroatoms. The van der Waals surface area contributed by atoms with Crippen LogP contribution in [0, 0.1) is 17.2 Å². The van der Waals surface area contributed by atoms with E-state index in [0.717, 1.165) is 0 Å². The van der Waals surface area contributed by atoms with Gasteiger partial charge in [-0.2, -0.15) is 5.26 Å². The Kier molecular flexibility index (Phi) is 2.73. The van der Waals surface area contributed by atoms with E-state index in [1.165, 1.54) is 4.90 Å². The number of carbonyl (C=O) groups is 2. The van der Waals surface area contributed by atoms with Crippen molar-refractivity contribution >= 4 is 12.0 Å². The van der Waals surface area contributed by atoms with E-state index >= 15 is 0 Å². The first kappa shape index (κ1) is 12.7. The van der Waals surface area contributed by atoms with Gasteiger partial charge in [-0.3, -0.25) is 9.69 Å². The lowest BCUT2D eigenvalue weighted by atomic mass is 9.86. The van der Waals surface area contributed by atoms with Crippen LogP contribution >= 0.6 is 0 Å². The summed E-state index contributed by atoms with van der Waals surface area (Å²) >= 11 is 0. The lowest BCUT2D eigenvalue weighted by Gasteiger charge is -2.44. The summed E-state index contributed by atoms with van der Waals surface area (Å²) in [5.74, 6) is -0.491. The van der Waals surface area contributed by atoms with Gasteiger partial charge in [-0.1, -0.05) is 0 Å². The lowest BCUT2D eigenvalue weighted by molar-refractivity contribution is -0.140. The van der Waals surface area contributed by atoms with Crippen molar-refractivity contribution in [3.63, 3.8) is 0 Å². The zero-order valence-corrected chi connectivity index (χ0v) is 10.8. The largest absolute Gasteiger partial charge is 0.444 e. The number of likely N-dealkylation sites (tertiary alicyclic amines) is 1. The Morgan fingerprint density at radius 2 is 2.28 bits per heavy atom. The number of ether oxygens (including phenoxy) is 1. The van der Waals surface area contributed by atoms with Gasteiger partial charge in [0.2, 0.25) is 5.91 Å². The highest BCUT2D eigenvalue weighted by Crippen LogP contribution is 2.37. The summed E-state index contributed by atoms with van der Waals surface area (Å²) in [5, 5.41) is 11.6. The molecule has 0 aromatic rings. The van der Waals surface area contributed by atoms with E-state index < -0.39 is 17.2 Å². The predicted molar refractivity (Wildman–Crippen MR) is 62.4 cm³/mol. The van der Waals surface area contributed by atoms with Crippen LogP contribution in [-0.2, 0) is 9.53 Å². The molecule has 2 fully saturated rings. The molecule has 2 amide bonds. The maximum Gasteiger partial charge on any atom is 0.411 e. The molecule has 1 N–H and O–H groups in total. The highest BCUT2D eigenvalue weighted by Gasteiger charge is 2.59. The second-order valence-electron chi connectivity index (χ2n) is 5.84. The van der Waals surface area contributed by atoms with Crippen LogP contribution in [0.1, 0.15) is 27.2 Å². The summed E-state index contributed by atoms with van der Waals surface area (Å²) in [6, 6.07) is 2.13. The Morgan fingerprint density at radius 3 is 2.67 bits per heavy atom. The number of carbonyl (C=O) groups excluding carboxylic acids is 2. The molecule has 2 rings (SSSR count). The zero-order chi connectivity index (χ0) is 13.6. The Bertz CT molecular complexity index is 435. The van der Waals surface area contributed by atoms with E-state index in [-0.39, 0.29) is 18.4 Å². The van der Waals surface area contributed by atoms with Crippen LogP contribution in [0.2, 0.25) is 0 Å². The van der Waals surface area contributed by atoms with Crippen molar-refractivity contribution < 1.29 is 14.3 Å². The topological polar surface area (TPSA) is 82.4 Å². The quantitative estimate of drug-likeness (QED) is 0.640. The second kappa shape index (κ2) is 3.87. The van der Waals surface area contributed by atoms with Crippen LogP contribution in [0.4, 0.5) is 4.79 Å². The van der Waals surface area contributed by atoms with Gasteiger partial charge < -0.3 is 10.1 Å². The molecule has 2 heterocycles. The molecule has 0 bridgehead atoms. The van der Waals surface area contributed by atoms with Crippen LogP contribution in [0.5, 0.6) is 0 Å². The van der Waals surface area contributed by atoms with Gasteiger partial charge in [0.15, 0.2) is 0 Å². The molecule has 1 spiro atoms. The summed E-state index contributed by atoms with van der Waals surface area (Å²) < 4.78 is 5.29. The number of hydrogen-bond donors (Lipinski definition) is 1. The molecular formula is C12H17N3O3. The van der Waals surface area contributed by atoms with E-state index in [1.54, 1.807) is 20.8 Å². The third-order valence-electron chi connectivity index (χ3n) is 3.26. The van der Waals surface area contributed by atoms with Crippen molar-refractivity contribution in [1.82, 2.24) is 10.2 Å². The molecule has 2 saturated heterocycles. The van der Waals surface area contributed by atoms with Crippen LogP contribution in [0.25, 0.3) is 0 Å². The van der Waals surface area contributed by atoms with Gasteiger partial charge >= 0.3 is 6.09 Å². The molecule has 2 aliphatic rings. The fourth-order valence-electron chi connectivity index (χ4n) is 2.38. The molecule has 98 valence electrons. The van der Waals surface area contributed by atoms with Gasteiger partial charge in [0.1, 0.15) is 11.1 Å². The van der Waals surface area contributed by atoms with Crippen LogP contribution in [0.3, 0.4) is 0 Å². The Labute approximate surface area is 106 Å². The van der Waals surface area contributed by atoms with Crippen LogP contribution < -0.4 is 5.32 Å². The van der Waals surface area contributed by atoms with Crippen LogP contribution in [0.15, 0.2) is 0 Å². The first-order valence-electron chi connectivity index (χ1n) is 5.97. The summed E-state index contributed by atoms with van der Waals surface area (Å²) in [6.45, 7) is 5.99. The third-order valence-corrected chi connectivity index (χ3v) is 3.26. The van der Waals surface area contributed by atoms with Gasteiger partial charge in [-0.15, -0.1) is 0 Å². The maximum atomic E-state index is 12.1. The summed E-state index contributed by atoms with van der Waals surface area (Å²) in [7, 11) is 0. The van der Waals surface area contributed by atoms with Gasteiger partial charge in [0, 0.05) is 6.54 Å². The van der Waals surface area contributed by atoms with E-state index in [9.17, 15) is 9.59 Å².